The highest BCUT2D eigenvalue weighted by atomic mass is 32.2. The predicted molar refractivity (Wildman–Crippen MR) is 74.6 cm³/mol. The Labute approximate surface area is 112 Å². The number of sulfonamides is 1. The molecule has 0 aromatic heterocycles. The van der Waals surface area contributed by atoms with Crippen LogP contribution in [0.15, 0.2) is 29.2 Å². The predicted octanol–water partition coefficient (Wildman–Crippen LogP) is 1.87. The minimum atomic E-state index is -3.50. The Morgan fingerprint density at radius 2 is 2.06 bits per heavy atom. The molecule has 0 saturated carbocycles. The summed E-state index contributed by atoms with van der Waals surface area (Å²) >= 11 is 1.59. The molecule has 0 spiro atoms. The summed E-state index contributed by atoms with van der Waals surface area (Å²) < 4.78 is 25.7. The van der Waals surface area contributed by atoms with E-state index >= 15 is 0 Å². The summed E-state index contributed by atoms with van der Waals surface area (Å²) in [4.78, 5) is 11.4. The highest BCUT2D eigenvalue weighted by molar-refractivity contribution is 7.98. The van der Waals surface area contributed by atoms with Crippen molar-refractivity contribution in [2.24, 2.45) is 0 Å². The first-order valence-corrected chi connectivity index (χ1v) is 8.29. The first kappa shape index (κ1) is 15.2. The van der Waals surface area contributed by atoms with Gasteiger partial charge in [0.2, 0.25) is 10.0 Å². The Bertz CT molecular complexity index is 526. The average molecular weight is 287 g/mol. The van der Waals surface area contributed by atoms with Gasteiger partial charge in [-0.15, -0.1) is 0 Å². The highest BCUT2D eigenvalue weighted by Crippen LogP contribution is 2.16. The lowest BCUT2D eigenvalue weighted by Gasteiger charge is -2.16. The van der Waals surface area contributed by atoms with Crippen molar-refractivity contribution in [1.29, 1.82) is 0 Å². The summed E-state index contributed by atoms with van der Waals surface area (Å²) in [7, 11) is -1.95. The van der Waals surface area contributed by atoms with Gasteiger partial charge in [-0.2, -0.15) is 11.8 Å². The van der Waals surface area contributed by atoms with Gasteiger partial charge in [-0.05, 0) is 25.3 Å². The molecule has 1 aromatic carbocycles. The lowest BCUT2D eigenvalue weighted by Crippen LogP contribution is -2.29. The minimum absolute atomic E-state index is 0.140. The normalized spacial score (nSPS) is 11.8. The second kappa shape index (κ2) is 6.36. The Hall–Kier alpha value is -0.850. The van der Waals surface area contributed by atoms with Gasteiger partial charge in [-0.3, -0.25) is 4.79 Å². The fourth-order valence-electron chi connectivity index (χ4n) is 1.40. The molecule has 18 heavy (non-hydrogen) atoms. The molecule has 1 rings (SSSR count). The van der Waals surface area contributed by atoms with Gasteiger partial charge in [0.25, 0.3) is 0 Å². The van der Waals surface area contributed by atoms with E-state index in [1.807, 2.05) is 6.26 Å². The van der Waals surface area contributed by atoms with E-state index in [4.69, 9.17) is 0 Å². The molecule has 0 aliphatic heterocycles. The van der Waals surface area contributed by atoms with Gasteiger partial charge in [0.05, 0.1) is 4.90 Å². The zero-order valence-corrected chi connectivity index (χ0v) is 12.3. The monoisotopic (exact) mass is 287 g/mol. The third-order valence-corrected chi connectivity index (χ3v) is 5.00. The standard InChI is InChI=1S/C12H17NO3S2/c1-10(14)11-5-4-6-12(9-11)18(15,16)13(2)7-8-17-3/h4-6,9H,7-8H2,1-3H3. The number of hydrogen-bond donors (Lipinski definition) is 0. The lowest BCUT2D eigenvalue weighted by molar-refractivity contribution is 0.101. The second-order valence-electron chi connectivity index (χ2n) is 3.90. The first-order valence-electron chi connectivity index (χ1n) is 5.46. The van der Waals surface area contributed by atoms with Gasteiger partial charge in [0, 0.05) is 24.9 Å². The van der Waals surface area contributed by atoms with Crippen molar-refractivity contribution in [2.45, 2.75) is 11.8 Å². The van der Waals surface area contributed by atoms with Crippen LogP contribution >= 0.6 is 11.8 Å². The van der Waals surface area contributed by atoms with Crippen molar-refractivity contribution in [3.05, 3.63) is 29.8 Å². The molecule has 4 nitrogen and oxygen atoms in total. The number of carbonyl (C=O) groups is 1. The molecule has 0 heterocycles. The first-order chi connectivity index (χ1) is 8.39. The van der Waals surface area contributed by atoms with Crippen LogP contribution < -0.4 is 0 Å². The molecule has 0 amide bonds. The van der Waals surface area contributed by atoms with E-state index in [2.05, 4.69) is 0 Å². The number of Topliss-reactive ketones (excluding diaryl/α,β-unsaturated/α-hetero) is 1. The number of thioether (sulfide) groups is 1. The van der Waals surface area contributed by atoms with Crippen LogP contribution in [0.1, 0.15) is 17.3 Å². The summed E-state index contributed by atoms with van der Waals surface area (Å²) in [5, 5.41) is 0. The molecule has 1 aromatic rings. The topological polar surface area (TPSA) is 54.5 Å². The number of hydrogen-bond acceptors (Lipinski definition) is 4. The fourth-order valence-corrected chi connectivity index (χ4v) is 3.19. The Balaban J connectivity index is 3.04. The lowest BCUT2D eigenvalue weighted by atomic mass is 10.2. The summed E-state index contributed by atoms with van der Waals surface area (Å²) in [6.07, 6.45) is 1.93. The maximum Gasteiger partial charge on any atom is 0.242 e. The molecule has 6 heteroatoms. The number of benzene rings is 1. The Morgan fingerprint density at radius 1 is 1.39 bits per heavy atom. The van der Waals surface area contributed by atoms with Crippen molar-refractivity contribution < 1.29 is 13.2 Å². The maximum atomic E-state index is 12.2. The number of nitrogens with zero attached hydrogens (tertiary/aromatic N) is 1. The summed E-state index contributed by atoms with van der Waals surface area (Å²) in [6, 6.07) is 6.14. The van der Waals surface area contributed by atoms with Crippen LogP contribution in [0.3, 0.4) is 0 Å². The SMILES string of the molecule is CSCCN(C)S(=O)(=O)c1cccc(C(C)=O)c1. The van der Waals surface area contributed by atoms with Crippen LogP contribution in [0.5, 0.6) is 0 Å². The molecule has 0 aliphatic rings. The molecule has 0 fully saturated rings. The number of ketones is 1. The molecule has 0 aliphatic carbocycles. The molecular formula is C12H17NO3S2. The summed E-state index contributed by atoms with van der Waals surface area (Å²) in [6.45, 7) is 1.87. The molecular weight excluding hydrogens is 270 g/mol. The third kappa shape index (κ3) is 3.57. The van der Waals surface area contributed by atoms with Crippen molar-refractivity contribution in [2.75, 3.05) is 25.6 Å². The molecule has 0 unspecified atom stereocenters. The van der Waals surface area contributed by atoms with Gasteiger partial charge >= 0.3 is 0 Å². The minimum Gasteiger partial charge on any atom is -0.295 e. The van der Waals surface area contributed by atoms with Crippen LogP contribution in [-0.2, 0) is 10.0 Å². The molecule has 0 bridgehead atoms. The second-order valence-corrected chi connectivity index (χ2v) is 6.93. The zero-order chi connectivity index (χ0) is 13.8. The number of carbonyl (C=O) groups excluding carboxylic acids is 1. The highest BCUT2D eigenvalue weighted by Gasteiger charge is 2.20. The largest absolute Gasteiger partial charge is 0.295 e. The van der Waals surface area contributed by atoms with Gasteiger partial charge < -0.3 is 0 Å². The molecule has 100 valence electrons. The quantitative estimate of drug-likeness (QED) is 0.750. The van der Waals surface area contributed by atoms with Crippen LogP contribution in [0.4, 0.5) is 0 Å². The van der Waals surface area contributed by atoms with Crippen molar-refractivity contribution in [1.82, 2.24) is 4.31 Å². The smallest absolute Gasteiger partial charge is 0.242 e. The maximum absolute atomic E-state index is 12.2. The molecule has 0 radical (unpaired) electrons. The van der Waals surface area contributed by atoms with E-state index in [0.29, 0.717) is 12.1 Å². The van der Waals surface area contributed by atoms with Gasteiger partial charge in [0.15, 0.2) is 5.78 Å². The zero-order valence-electron chi connectivity index (χ0n) is 10.7. The van der Waals surface area contributed by atoms with E-state index < -0.39 is 10.0 Å². The molecule has 0 atom stereocenters. The molecule has 0 saturated heterocycles. The Kier molecular flexibility index (Phi) is 5.37. The van der Waals surface area contributed by atoms with E-state index in [-0.39, 0.29) is 10.7 Å². The van der Waals surface area contributed by atoms with Crippen LogP contribution in [0.2, 0.25) is 0 Å². The molecule has 0 N–H and O–H groups in total. The average Bonchev–Trinajstić information content (AvgIpc) is 2.35. The van der Waals surface area contributed by atoms with E-state index in [1.165, 1.54) is 23.4 Å². The summed E-state index contributed by atoms with van der Waals surface area (Å²) in [5.41, 5.74) is 0.411. The Morgan fingerprint density at radius 3 is 2.61 bits per heavy atom. The van der Waals surface area contributed by atoms with E-state index in [9.17, 15) is 13.2 Å². The number of rotatable bonds is 6. The van der Waals surface area contributed by atoms with Gasteiger partial charge in [0.1, 0.15) is 0 Å². The van der Waals surface area contributed by atoms with Crippen molar-refractivity contribution in [3.8, 4) is 0 Å². The van der Waals surface area contributed by atoms with Crippen LogP contribution in [-0.4, -0.2) is 44.1 Å². The van der Waals surface area contributed by atoms with Gasteiger partial charge in [-0.1, -0.05) is 12.1 Å². The van der Waals surface area contributed by atoms with E-state index in [0.717, 1.165) is 5.75 Å². The summed E-state index contributed by atoms with van der Waals surface area (Å²) in [5.74, 6) is 0.598. The van der Waals surface area contributed by atoms with Crippen molar-refractivity contribution >= 4 is 27.6 Å². The van der Waals surface area contributed by atoms with Crippen molar-refractivity contribution in [3.63, 3.8) is 0 Å². The fraction of sp³-hybridized carbons (Fsp3) is 0.417. The van der Waals surface area contributed by atoms with Gasteiger partial charge in [-0.25, -0.2) is 12.7 Å². The van der Waals surface area contributed by atoms with E-state index in [1.54, 1.807) is 30.9 Å². The van der Waals surface area contributed by atoms with Crippen LogP contribution in [0, 0.1) is 0 Å². The third-order valence-electron chi connectivity index (χ3n) is 2.56. The van der Waals surface area contributed by atoms with Crippen LogP contribution in [0.25, 0.3) is 0 Å².